The van der Waals surface area contributed by atoms with Gasteiger partial charge in [-0.2, -0.15) is 5.10 Å². The minimum atomic E-state index is -0.607. The highest BCUT2D eigenvalue weighted by Crippen LogP contribution is 2.46. The summed E-state index contributed by atoms with van der Waals surface area (Å²) in [6.07, 6.45) is 5.07. The Labute approximate surface area is 110 Å². The maximum atomic E-state index is 10.6. The van der Waals surface area contributed by atoms with Crippen molar-refractivity contribution in [3.63, 3.8) is 0 Å². The zero-order chi connectivity index (χ0) is 12.5. The Morgan fingerprint density at radius 2 is 2.35 bits per heavy atom. The van der Waals surface area contributed by atoms with E-state index in [0.29, 0.717) is 0 Å². The molecular formula is C12H19BrN2O2. The van der Waals surface area contributed by atoms with Gasteiger partial charge in [0.1, 0.15) is 6.10 Å². The summed E-state index contributed by atoms with van der Waals surface area (Å²) in [6, 6.07) is 0. The van der Waals surface area contributed by atoms with Crippen LogP contribution in [0.2, 0.25) is 0 Å². The number of aromatic nitrogens is 2. The molecule has 1 aromatic rings. The quantitative estimate of drug-likeness (QED) is 0.909. The molecule has 1 unspecified atom stereocenters. The molecule has 0 saturated heterocycles. The summed E-state index contributed by atoms with van der Waals surface area (Å²) in [7, 11) is 1.68. The van der Waals surface area contributed by atoms with Gasteiger partial charge >= 0.3 is 0 Å². The van der Waals surface area contributed by atoms with Crippen molar-refractivity contribution < 1.29 is 9.84 Å². The predicted octanol–water partition coefficient (Wildman–Crippen LogP) is 2.66. The van der Waals surface area contributed by atoms with E-state index < -0.39 is 11.7 Å². The van der Waals surface area contributed by atoms with Gasteiger partial charge in [-0.1, -0.05) is 6.92 Å². The van der Waals surface area contributed by atoms with Crippen LogP contribution in [0.4, 0.5) is 0 Å². The SMILES string of the molecule is CCCn1ncc(Br)c1C(O)C1(OC)CCC1. The van der Waals surface area contributed by atoms with Crippen molar-refractivity contribution in [3.8, 4) is 0 Å². The van der Waals surface area contributed by atoms with E-state index in [-0.39, 0.29) is 0 Å². The molecule has 2 rings (SSSR count). The van der Waals surface area contributed by atoms with E-state index in [2.05, 4.69) is 28.0 Å². The molecule has 17 heavy (non-hydrogen) atoms. The molecule has 5 heteroatoms. The summed E-state index contributed by atoms with van der Waals surface area (Å²) >= 11 is 3.46. The van der Waals surface area contributed by atoms with Gasteiger partial charge in [-0.3, -0.25) is 4.68 Å². The van der Waals surface area contributed by atoms with Gasteiger partial charge in [-0.25, -0.2) is 0 Å². The van der Waals surface area contributed by atoms with Gasteiger partial charge in [-0.05, 0) is 41.6 Å². The standard InChI is InChI=1S/C12H19BrN2O2/c1-3-7-15-10(9(13)8-14-15)11(16)12(17-2)5-4-6-12/h8,11,16H,3-7H2,1-2H3. The number of aryl methyl sites for hydroxylation is 1. The fourth-order valence-electron chi connectivity index (χ4n) is 2.40. The highest BCUT2D eigenvalue weighted by atomic mass is 79.9. The summed E-state index contributed by atoms with van der Waals surface area (Å²) in [4.78, 5) is 0. The summed E-state index contributed by atoms with van der Waals surface area (Å²) in [6.45, 7) is 2.92. The Hall–Kier alpha value is -0.390. The van der Waals surface area contributed by atoms with Crippen molar-refractivity contribution in [3.05, 3.63) is 16.4 Å². The van der Waals surface area contributed by atoms with E-state index in [1.165, 1.54) is 0 Å². The lowest BCUT2D eigenvalue weighted by molar-refractivity contribution is -0.154. The van der Waals surface area contributed by atoms with Crippen molar-refractivity contribution in [2.24, 2.45) is 0 Å². The molecule has 1 heterocycles. The first kappa shape index (κ1) is 13.1. The second-order valence-corrected chi connectivity index (χ2v) is 5.48. The van der Waals surface area contributed by atoms with Crippen LogP contribution in [0.1, 0.15) is 44.4 Å². The van der Waals surface area contributed by atoms with Crippen molar-refractivity contribution in [2.75, 3.05) is 7.11 Å². The fourth-order valence-corrected chi connectivity index (χ4v) is 2.91. The smallest absolute Gasteiger partial charge is 0.126 e. The number of halogens is 1. The van der Waals surface area contributed by atoms with Crippen LogP contribution in [-0.4, -0.2) is 27.6 Å². The number of hydrogen-bond acceptors (Lipinski definition) is 3. The lowest BCUT2D eigenvalue weighted by Gasteiger charge is -2.44. The molecule has 1 aromatic heterocycles. The van der Waals surface area contributed by atoms with Crippen LogP contribution in [0.3, 0.4) is 0 Å². The minimum Gasteiger partial charge on any atom is -0.384 e. The Morgan fingerprint density at radius 1 is 1.65 bits per heavy atom. The fraction of sp³-hybridized carbons (Fsp3) is 0.750. The Kier molecular flexibility index (Phi) is 3.90. The van der Waals surface area contributed by atoms with Gasteiger partial charge in [-0.15, -0.1) is 0 Å². The third-order valence-corrected chi connectivity index (χ3v) is 4.24. The first-order chi connectivity index (χ1) is 8.14. The lowest BCUT2D eigenvalue weighted by Crippen LogP contribution is -2.45. The molecule has 0 bridgehead atoms. The average Bonchev–Trinajstić information content (AvgIpc) is 2.59. The van der Waals surface area contributed by atoms with Gasteiger partial charge in [0.2, 0.25) is 0 Å². The van der Waals surface area contributed by atoms with E-state index >= 15 is 0 Å². The van der Waals surface area contributed by atoms with Crippen LogP contribution < -0.4 is 0 Å². The van der Waals surface area contributed by atoms with E-state index in [9.17, 15) is 5.11 Å². The highest BCUT2D eigenvalue weighted by molar-refractivity contribution is 9.10. The molecule has 1 aliphatic rings. The van der Waals surface area contributed by atoms with Crippen molar-refractivity contribution >= 4 is 15.9 Å². The summed E-state index contributed by atoms with van der Waals surface area (Å²) in [5.41, 5.74) is 0.432. The summed E-state index contributed by atoms with van der Waals surface area (Å²) in [5, 5.41) is 14.8. The second kappa shape index (κ2) is 5.08. The topological polar surface area (TPSA) is 47.3 Å². The summed E-state index contributed by atoms with van der Waals surface area (Å²) < 4.78 is 8.27. The second-order valence-electron chi connectivity index (χ2n) is 4.63. The zero-order valence-corrected chi connectivity index (χ0v) is 11.9. The molecule has 0 spiro atoms. The molecule has 0 aliphatic heterocycles. The molecule has 0 radical (unpaired) electrons. The maximum Gasteiger partial charge on any atom is 0.126 e. The lowest BCUT2D eigenvalue weighted by atomic mass is 9.74. The number of nitrogens with zero attached hydrogens (tertiary/aromatic N) is 2. The van der Waals surface area contributed by atoms with Gasteiger partial charge in [0.05, 0.1) is 22.0 Å². The molecule has 0 aromatic carbocycles. The van der Waals surface area contributed by atoms with Crippen LogP contribution in [0.25, 0.3) is 0 Å². The Morgan fingerprint density at radius 3 is 2.82 bits per heavy atom. The molecule has 1 N–H and O–H groups in total. The van der Waals surface area contributed by atoms with Crippen LogP contribution in [0.5, 0.6) is 0 Å². The van der Waals surface area contributed by atoms with Gasteiger partial charge in [0.15, 0.2) is 0 Å². The highest BCUT2D eigenvalue weighted by Gasteiger charge is 2.46. The van der Waals surface area contributed by atoms with E-state index in [4.69, 9.17) is 4.74 Å². The summed E-state index contributed by atoms with van der Waals surface area (Å²) in [5.74, 6) is 0. The van der Waals surface area contributed by atoms with Crippen molar-refractivity contribution in [2.45, 2.75) is 50.9 Å². The molecule has 1 atom stereocenters. The Balaban J connectivity index is 2.29. The third kappa shape index (κ3) is 2.16. The van der Waals surface area contributed by atoms with E-state index in [1.54, 1.807) is 13.3 Å². The normalized spacial score (nSPS) is 20.0. The van der Waals surface area contributed by atoms with E-state index in [0.717, 1.165) is 42.4 Å². The molecule has 1 aliphatic carbocycles. The van der Waals surface area contributed by atoms with Crippen molar-refractivity contribution in [1.29, 1.82) is 0 Å². The molecule has 96 valence electrons. The van der Waals surface area contributed by atoms with Gasteiger partial charge in [0.25, 0.3) is 0 Å². The zero-order valence-electron chi connectivity index (χ0n) is 10.3. The molecule has 1 fully saturated rings. The molecular weight excluding hydrogens is 284 g/mol. The van der Waals surface area contributed by atoms with Gasteiger partial charge < -0.3 is 9.84 Å². The molecule has 4 nitrogen and oxygen atoms in total. The maximum absolute atomic E-state index is 10.6. The Bertz CT molecular complexity index is 382. The molecule has 1 saturated carbocycles. The number of methoxy groups -OCH3 is 1. The van der Waals surface area contributed by atoms with Crippen LogP contribution in [-0.2, 0) is 11.3 Å². The van der Waals surface area contributed by atoms with Crippen LogP contribution in [0.15, 0.2) is 10.7 Å². The number of aliphatic hydroxyl groups excluding tert-OH is 1. The number of ether oxygens (including phenoxy) is 1. The van der Waals surface area contributed by atoms with Gasteiger partial charge in [0, 0.05) is 13.7 Å². The number of hydrogen-bond donors (Lipinski definition) is 1. The third-order valence-electron chi connectivity index (χ3n) is 3.63. The largest absolute Gasteiger partial charge is 0.384 e. The van der Waals surface area contributed by atoms with Crippen molar-refractivity contribution in [1.82, 2.24) is 9.78 Å². The number of aliphatic hydroxyl groups is 1. The first-order valence-electron chi connectivity index (χ1n) is 6.09. The monoisotopic (exact) mass is 302 g/mol. The first-order valence-corrected chi connectivity index (χ1v) is 6.88. The number of rotatable bonds is 5. The van der Waals surface area contributed by atoms with E-state index in [1.807, 2.05) is 4.68 Å². The minimum absolute atomic E-state index is 0.409. The van der Waals surface area contributed by atoms with Crippen LogP contribution in [0, 0.1) is 0 Å². The van der Waals surface area contributed by atoms with Crippen LogP contribution >= 0.6 is 15.9 Å². The predicted molar refractivity (Wildman–Crippen MR) is 68.8 cm³/mol. The average molecular weight is 303 g/mol. The molecule has 0 amide bonds.